The highest BCUT2D eigenvalue weighted by atomic mass is 16.2. The number of hydrogen-bond acceptors (Lipinski definition) is 4. The van der Waals surface area contributed by atoms with Crippen molar-refractivity contribution in [3.05, 3.63) is 60.2 Å². The van der Waals surface area contributed by atoms with E-state index in [9.17, 15) is 4.79 Å². The lowest BCUT2D eigenvalue weighted by molar-refractivity contribution is -0.134. The van der Waals surface area contributed by atoms with Gasteiger partial charge in [0.2, 0.25) is 5.91 Å². The molecule has 2 aromatic heterocycles. The predicted molar refractivity (Wildman–Crippen MR) is 84.1 cm³/mol. The Hall–Kier alpha value is -2.27. The third kappa shape index (κ3) is 3.49. The molecule has 22 heavy (non-hydrogen) atoms. The smallest absolute Gasteiger partial charge is 0.223 e. The predicted octanol–water partition coefficient (Wildman–Crippen LogP) is 1.58. The highest BCUT2D eigenvalue weighted by Gasteiger charge is 2.27. The molecule has 0 aromatic carbocycles. The van der Waals surface area contributed by atoms with E-state index in [1.807, 2.05) is 41.4 Å². The molecule has 114 valence electrons. The molecule has 1 N–H and O–H groups in total. The van der Waals surface area contributed by atoms with Crippen LogP contribution in [0.15, 0.2) is 48.9 Å². The van der Waals surface area contributed by atoms with Crippen molar-refractivity contribution >= 4 is 5.91 Å². The number of pyridine rings is 2. The molecule has 1 unspecified atom stereocenters. The quantitative estimate of drug-likeness (QED) is 0.930. The van der Waals surface area contributed by atoms with Crippen LogP contribution in [-0.2, 0) is 11.2 Å². The van der Waals surface area contributed by atoms with Gasteiger partial charge in [0.05, 0.1) is 6.04 Å². The van der Waals surface area contributed by atoms with Crippen molar-refractivity contribution in [3.8, 4) is 0 Å². The second-order valence-electron chi connectivity index (χ2n) is 5.41. The minimum Gasteiger partial charge on any atom is -0.333 e. The van der Waals surface area contributed by atoms with E-state index in [2.05, 4.69) is 15.3 Å². The standard InChI is InChI=1S/C17H20N4O/c22-17(7-6-15-5-1-2-9-20-15)21-11-10-19-13-16(21)14-4-3-8-18-12-14/h1-5,8-9,12,16,19H,6-7,10-11,13H2. The van der Waals surface area contributed by atoms with Crippen LogP contribution >= 0.6 is 0 Å². The Morgan fingerprint density at radius 2 is 2.23 bits per heavy atom. The lowest BCUT2D eigenvalue weighted by Crippen LogP contribution is -2.48. The van der Waals surface area contributed by atoms with Crippen LogP contribution in [-0.4, -0.2) is 40.4 Å². The summed E-state index contributed by atoms with van der Waals surface area (Å²) in [5.74, 6) is 0.181. The van der Waals surface area contributed by atoms with Gasteiger partial charge in [0.25, 0.3) is 0 Å². The first kappa shape index (κ1) is 14.7. The van der Waals surface area contributed by atoms with Gasteiger partial charge in [-0.1, -0.05) is 12.1 Å². The van der Waals surface area contributed by atoms with Crippen LogP contribution < -0.4 is 5.32 Å². The number of carbonyl (C=O) groups excluding carboxylic acids is 1. The molecule has 0 bridgehead atoms. The lowest BCUT2D eigenvalue weighted by Gasteiger charge is -2.36. The summed E-state index contributed by atoms with van der Waals surface area (Å²) in [5, 5.41) is 3.36. The van der Waals surface area contributed by atoms with Gasteiger partial charge in [-0.3, -0.25) is 14.8 Å². The van der Waals surface area contributed by atoms with Gasteiger partial charge in [0, 0.05) is 50.3 Å². The molecular formula is C17H20N4O. The Morgan fingerprint density at radius 3 is 3.00 bits per heavy atom. The summed E-state index contributed by atoms with van der Waals surface area (Å²) in [6.45, 7) is 2.35. The lowest BCUT2D eigenvalue weighted by atomic mass is 10.0. The van der Waals surface area contributed by atoms with E-state index in [0.29, 0.717) is 12.8 Å². The van der Waals surface area contributed by atoms with Gasteiger partial charge in [-0.15, -0.1) is 0 Å². The Balaban J connectivity index is 1.66. The molecular weight excluding hydrogens is 276 g/mol. The fourth-order valence-electron chi connectivity index (χ4n) is 2.80. The van der Waals surface area contributed by atoms with Gasteiger partial charge in [-0.2, -0.15) is 0 Å². The fourth-order valence-corrected chi connectivity index (χ4v) is 2.80. The summed E-state index contributed by atoms with van der Waals surface area (Å²) in [4.78, 5) is 23.0. The third-order valence-electron chi connectivity index (χ3n) is 3.95. The number of amides is 1. The largest absolute Gasteiger partial charge is 0.333 e. The van der Waals surface area contributed by atoms with Gasteiger partial charge in [-0.25, -0.2) is 0 Å². The molecule has 5 heteroatoms. The van der Waals surface area contributed by atoms with Crippen LogP contribution in [0.2, 0.25) is 0 Å². The maximum Gasteiger partial charge on any atom is 0.223 e. The van der Waals surface area contributed by atoms with Crippen LogP contribution in [0.3, 0.4) is 0 Å². The zero-order valence-electron chi connectivity index (χ0n) is 12.5. The number of aromatic nitrogens is 2. The number of hydrogen-bond donors (Lipinski definition) is 1. The summed E-state index contributed by atoms with van der Waals surface area (Å²) in [7, 11) is 0. The summed E-state index contributed by atoms with van der Waals surface area (Å²) >= 11 is 0. The zero-order valence-corrected chi connectivity index (χ0v) is 12.5. The number of nitrogens with zero attached hydrogens (tertiary/aromatic N) is 3. The first-order chi connectivity index (χ1) is 10.8. The van der Waals surface area contributed by atoms with Gasteiger partial charge in [-0.05, 0) is 30.2 Å². The second-order valence-corrected chi connectivity index (χ2v) is 5.41. The van der Waals surface area contributed by atoms with Crippen molar-refractivity contribution in [3.63, 3.8) is 0 Å². The minimum absolute atomic E-state index is 0.0682. The Kier molecular flexibility index (Phi) is 4.75. The topological polar surface area (TPSA) is 58.1 Å². The van der Waals surface area contributed by atoms with Crippen molar-refractivity contribution in [2.75, 3.05) is 19.6 Å². The molecule has 0 spiro atoms. The highest BCUT2D eigenvalue weighted by molar-refractivity contribution is 5.77. The van der Waals surface area contributed by atoms with Gasteiger partial charge < -0.3 is 10.2 Å². The molecule has 1 atom stereocenters. The number of aryl methyl sites for hydroxylation is 1. The maximum atomic E-state index is 12.6. The molecule has 5 nitrogen and oxygen atoms in total. The van der Waals surface area contributed by atoms with E-state index in [4.69, 9.17) is 0 Å². The van der Waals surface area contributed by atoms with Crippen molar-refractivity contribution in [1.82, 2.24) is 20.2 Å². The summed E-state index contributed by atoms with van der Waals surface area (Å²) in [6, 6.07) is 9.82. The van der Waals surface area contributed by atoms with E-state index in [1.165, 1.54) is 0 Å². The van der Waals surface area contributed by atoms with Gasteiger partial charge >= 0.3 is 0 Å². The molecule has 1 aliphatic rings. The Bertz CT molecular complexity index is 603. The van der Waals surface area contributed by atoms with Crippen molar-refractivity contribution in [2.45, 2.75) is 18.9 Å². The molecule has 2 aromatic rings. The number of nitrogens with one attached hydrogen (secondary N) is 1. The number of carbonyl (C=O) groups is 1. The molecule has 0 saturated carbocycles. The average molecular weight is 296 g/mol. The van der Waals surface area contributed by atoms with E-state index >= 15 is 0 Å². The minimum atomic E-state index is 0.0682. The second kappa shape index (κ2) is 7.13. The van der Waals surface area contributed by atoms with Crippen LogP contribution in [0.1, 0.15) is 23.7 Å². The van der Waals surface area contributed by atoms with E-state index in [1.54, 1.807) is 12.4 Å². The van der Waals surface area contributed by atoms with E-state index in [0.717, 1.165) is 30.9 Å². The van der Waals surface area contributed by atoms with Crippen LogP contribution in [0.5, 0.6) is 0 Å². The van der Waals surface area contributed by atoms with Crippen molar-refractivity contribution in [1.29, 1.82) is 0 Å². The molecule has 0 aliphatic carbocycles. The normalized spacial score (nSPS) is 18.2. The first-order valence-electron chi connectivity index (χ1n) is 7.64. The molecule has 1 fully saturated rings. The zero-order chi connectivity index (χ0) is 15.2. The summed E-state index contributed by atoms with van der Waals surface area (Å²) in [6.07, 6.45) is 6.55. The fraction of sp³-hybridized carbons (Fsp3) is 0.353. The molecule has 3 rings (SSSR count). The highest BCUT2D eigenvalue weighted by Crippen LogP contribution is 2.22. The molecule has 0 radical (unpaired) electrons. The van der Waals surface area contributed by atoms with E-state index in [-0.39, 0.29) is 11.9 Å². The Morgan fingerprint density at radius 1 is 1.27 bits per heavy atom. The van der Waals surface area contributed by atoms with Gasteiger partial charge in [0.1, 0.15) is 0 Å². The van der Waals surface area contributed by atoms with Crippen LogP contribution in [0.25, 0.3) is 0 Å². The van der Waals surface area contributed by atoms with Crippen molar-refractivity contribution < 1.29 is 4.79 Å². The number of piperazine rings is 1. The average Bonchev–Trinajstić information content (AvgIpc) is 2.61. The third-order valence-corrected chi connectivity index (χ3v) is 3.95. The molecule has 3 heterocycles. The molecule has 1 amide bonds. The molecule has 1 saturated heterocycles. The maximum absolute atomic E-state index is 12.6. The van der Waals surface area contributed by atoms with Crippen molar-refractivity contribution in [2.24, 2.45) is 0 Å². The number of rotatable bonds is 4. The monoisotopic (exact) mass is 296 g/mol. The summed E-state index contributed by atoms with van der Waals surface area (Å²) < 4.78 is 0. The van der Waals surface area contributed by atoms with Crippen LogP contribution in [0, 0.1) is 0 Å². The Labute approximate surface area is 130 Å². The SMILES string of the molecule is O=C(CCc1ccccn1)N1CCNCC1c1cccnc1. The van der Waals surface area contributed by atoms with Crippen LogP contribution in [0.4, 0.5) is 0 Å². The van der Waals surface area contributed by atoms with E-state index < -0.39 is 0 Å². The summed E-state index contributed by atoms with van der Waals surface area (Å²) in [5.41, 5.74) is 2.05. The first-order valence-corrected chi connectivity index (χ1v) is 7.64. The molecule has 1 aliphatic heterocycles. The van der Waals surface area contributed by atoms with Gasteiger partial charge in [0.15, 0.2) is 0 Å².